The Morgan fingerprint density at radius 3 is 1.63 bits per heavy atom. The second-order valence-corrected chi connectivity index (χ2v) is 12.0. The highest BCUT2D eigenvalue weighted by molar-refractivity contribution is 7.99. The van der Waals surface area contributed by atoms with Gasteiger partial charge in [0.1, 0.15) is 0 Å². The summed E-state index contributed by atoms with van der Waals surface area (Å²) in [6.07, 6.45) is 25.8. The number of thioether (sulfide) groups is 1. The molecule has 0 aromatic heterocycles. The van der Waals surface area contributed by atoms with Crippen molar-refractivity contribution in [2.24, 2.45) is 0 Å². The molecule has 228 valence electrons. The van der Waals surface area contributed by atoms with Gasteiger partial charge in [0, 0.05) is 4.90 Å². The predicted molar refractivity (Wildman–Crippen MR) is 176 cm³/mol. The van der Waals surface area contributed by atoms with Gasteiger partial charge in [-0.15, -0.1) is 11.8 Å². The Kier molecular flexibility index (Phi) is 18.9. The topological polar surface area (TPSA) is 44.8 Å². The molecule has 0 saturated heterocycles. The molecule has 2 aromatic carbocycles. The number of carbonyl (C=O) groups excluding carboxylic acids is 1. The van der Waals surface area contributed by atoms with Gasteiger partial charge < -0.3 is 14.2 Å². The van der Waals surface area contributed by atoms with Crippen LogP contribution in [-0.4, -0.2) is 32.9 Å². The number of carbonyl (C=O) groups is 1. The summed E-state index contributed by atoms with van der Waals surface area (Å²) in [6, 6.07) is 11.8. The van der Waals surface area contributed by atoms with E-state index in [-0.39, 0.29) is 5.78 Å². The van der Waals surface area contributed by atoms with Crippen LogP contribution in [0, 0.1) is 0 Å². The molecule has 5 heteroatoms. The van der Waals surface area contributed by atoms with Crippen molar-refractivity contribution in [2.75, 3.05) is 27.1 Å². The van der Waals surface area contributed by atoms with Crippen LogP contribution in [0.25, 0.3) is 6.08 Å². The molecule has 0 aliphatic carbocycles. The summed E-state index contributed by atoms with van der Waals surface area (Å²) in [4.78, 5) is 14.1. The van der Waals surface area contributed by atoms with Crippen LogP contribution in [0.5, 0.6) is 17.2 Å². The first-order valence-corrected chi connectivity index (χ1v) is 16.9. The monoisotopic (exact) mass is 582 g/mol. The summed E-state index contributed by atoms with van der Waals surface area (Å²) < 4.78 is 16.1. The summed E-state index contributed by atoms with van der Waals surface area (Å²) in [5.74, 6) is 2.33. The first-order chi connectivity index (χ1) is 20.1. The molecule has 0 aliphatic rings. The van der Waals surface area contributed by atoms with Crippen molar-refractivity contribution >= 4 is 23.6 Å². The largest absolute Gasteiger partial charge is 0.493 e. The zero-order chi connectivity index (χ0) is 29.5. The Labute approximate surface area is 254 Å². The molecule has 4 nitrogen and oxygen atoms in total. The van der Waals surface area contributed by atoms with Gasteiger partial charge in [-0.25, -0.2) is 0 Å². The van der Waals surface area contributed by atoms with E-state index < -0.39 is 0 Å². The molecule has 41 heavy (non-hydrogen) atoms. The van der Waals surface area contributed by atoms with Crippen molar-refractivity contribution < 1.29 is 19.0 Å². The Hall–Kier alpha value is -2.40. The second kappa shape index (κ2) is 22.2. The standard InChI is InChI=1S/C36H54O4S/c1-5-6-7-8-9-10-11-12-13-14-15-16-17-18-19-20-29-41-31-24-21-30(22-25-31)23-27-33(37)32-26-28-34(38-2)36(40-4)35(32)39-3/h21-28H,5-20,29H2,1-4H3. The summed E-state index contributed by atoms with van der Waals surface area (Å²) >= 11 is 1.92. The maximum atomic E-state index is 12.8. The van der Waals surface area contributed by atoms with E-state index >= 15 is 0 Å². The number of rotatable bonds is 24. The lowest BCUT2D eigenvalue weighted by Crippen LogP contribution is -2.02. The van der Waals surface area contributed by atoms with E-state index in [2.05, 4.69) is 31.2 Å². The van der Waals surface area contributed by atoms with E-state index in [4.69, 9.17) is 14.2 Å². The van der Waals surface area contributed by atoms with Crippen molar-refractivity contribution in [3.8, 4) is 17.2 Å². The summed E-state index contributed by atoms with van der Waals surface area (Å²) in [6.45, 7) is 2.29. The molecular formula is C36H54O4S. The Balaban J connectivity index is 1.56. The molecule has 0 fully saturated rings. The van der Waals surface area contributed by atoms with Crippen LogP contribution < -0.4 is 14.2 Å². The minimum atomic E-state index is -0.148. The molecule has 0 amide bonds. The van der Waals surface area contributed by atoms with Crippen molar-refractivity contribution in [1.29, 1.82) is 0 Å². The maximum absolute atomic E-state index is 12.8. The smallest absolute Gasteiger partial charge is 0.204 e. The maximum Gasteiger partial charge on any atom is 0.204 e. The fourth-order valence-corrected chi connectivity index (χ4v) is 5.99. The van der Waals surface area contributed by atoms with Gasteiger partial charge in [-0.1, -0.05) is 121 Å². The van der Waals surface area contributed by atoms with Gasteiger partial charge in [0.25, 0.3) is 0 Å². The quantitative estimate of drug-likeness (QED) is 0.0533. The molecule has 0 N–H and O–H groups in total. The minimum absolute atomic E-state index is 0.148. The van der Waals surface area contributed by atoms with Gasteiger partial charge in [-0.3, -0.25) is 4.79 Å². The average Bonchev–Trinajstić information content (AvgIpc) is 3.01. The molecule has 2 aromatic rings. The first kappa shape index (κ1) is 34.8. The average molecular weight is 583 g/mol. The van der Waals surface area contributed by atoms with Crippen LogP contribution in [0.3, 0.4) is 0 Å². The number of ether oxygens (including phenoxy) is 3. The Morgan fingerprint density at radius 2 is 1.15 bits per heavy atom. The van der Waals surface area contributed by atoms with Crippen molar-refractivity contribution in [1.82, 2.24) is 0 Å². The molecule has 0 bridgehead atoms. The van der Waals surface area contributed by atoms with E-state index in [1.54, 1.807) is 25.3 Å². The Morgan fingerprint density at radius 1 is 0.634 bits per heavy atom. The number of hydrogen-bond acceptors (Lipinski definition) is 5. The van der Waals surface area contributed by atoms with Crippen LogP contribution in [-0.2, 0) is 0 Å². The molecule has 0 saturated carbocycles. The van der Waals surface area contributed by atoms with Gasteiger partial charge in [0.05, 0.1) is 26.9 Å². The lowest BCUT2D eigenvalue weighted by molar-refractivity contribution is 0.104. The number of hydrogen-bond donors (Lipinski definition) is 0. The van der Waals surface area contributed by atoms with Crippen molar-refractivity contribution in [3.63, 3.8) is 0 Å². The van der Waals surface area contributed by atoms with E-state index in [1.165, 1.54) is 122 Å². The van der Waals surface area contributed by atoms with Gasteiger partial charge in [-0.2, -0.15) is 0 Å². The van der Waals surface area contributed by atoms with Crippen LogP contribution in [0.4, 0.5) is 0 Å². The number of ketones is 1. The molecule has 2 rings (SSSR count). The third-order valence-electron chi connectivity index (χ3n) is 7.54. The summed E-state index contributed by atoms with van der Waals surface area (Å²) in [5, 5.41) is 0. The highest BCUT2D eigenvalue weighted by Gasteiger charge is 2.19. The van der Waals surface area contributed by atoms with E-state index in [9.17, 15) is 4.79 Å². The molecular weight excluding hydrogens is 528 g/mol. The molecule has 0 spiro atoms. The van der Waals surface area contributed by atoms with Crippen molar-refractivity contribution in [2.45, 2.75) is 115 Å². The third kappa shape index (κ3) is 13.9. The van der Waals surface area contributed by atoms with E-state index in [0.717, 1.165) is 11.3 Å². The Bertz CT molecular complexity index is 999. The normalized spacial score (nSPS) is 11.2. The summed E-state index contributed by atoms with van der Waals surface area (Å²) in [5.41, 5.74) is 1.43. The number of unbranched alkanes of at least 4 members (excludes halogenated alkanes) is 15. The predicted octanol–water partition coefficient (Wildman–Crippen LogP) is 11.0. The van der Waals surface area contributed by atoms with E-state index in [0.29, 0.717) is 22.8 Å². The van der Waals surface area contributed by atoms with Gasteiger partial charge in [-0.05, 0) is 48.1 Å². The SMILES string of the molecule is CCCCCCCCCCCCCCCCCCSc1ccc(C=CC(=O)c2ccc(OC)c(OC)c2OC)cc1. The lowest BCUT2D eigenvalue weighted by atomic mass is 10.0. The van der Waals surface area contributed by atoms with Crippen LogP contribution in [0.15, 0.2) is 47.4 Å². The molecule has 0 atom stereocenters. The van der Waals surface area contributed by atoms with Crippen molar-refractivity contribution in [3.05, 3.63) is 53.6 Å². The highest BCUT2D eigenvalue weighted by atomic mass is 32.2. The molecule has 0 radical (unpaired) electrons. The number of allylic oxidation sites excluding steroid dienone is 1. The van der Waals surface area contributed by atoms with E-state index in [1.807, 2.05) is 17.8 Å². The molecule has 0 heterocycles. The second-order valence-electron chi connectivity index (χ2n) is 10.8. The third-order valence-corrected chi connectivity index (χ3v) is 8.64. The molecule has 0 aliphatic heterocycles. The fraction of sp³-hybridized carbons (Fsp3) is 0.583. The van der Waals surface area contributed by atoms with Gasteiger partial charge >= 0.3 is 0 Å². The lowest BCUT2D eigenvalue weighted by Gasteiger charge is -2.14. The number of methoxy groups -OCH3 is 3. The van der Waals surface area contributed by atoms with Gasteiger partial charge in [0.15, 0.2) is 17.3 Å². The first-order valence-electron chi connectivity index (χ1n) is 15.9. The summed E-state index contributed by atoms with van der Waals surface area (Å²) in [7, 11) is 4.61. The van der Waals surface area contributed by atoms with Crippen LogP contribution in [0.2, 0.25) is 0 Å². The van der Waals surface area contributed by atoms with Crippen LogP contribution >= 0.6 is 11.8 Å². The fourth-order valence-electron chi connectivity index (χ4n) is 5.07. The molecule has 0 unspecified atom stereocenters. The zero-order valence-corrected chi connectivity index (χ0v) is 27.0. The zero-order valence-electron chi connectivity index (χ0n) is 26.2. The van der Waals surface area contributed by atoms with Crippen LogP contribution in [0.1, 0.15) is 126 Å². The highest BCUT2D eigenvalue weighted by Crippen LogP contribution is 2.40. The van der Waals surface area contributed by atoms with Gasteiger partial charge in [0.2, 0.25) is 5.75 Å². The number of benzene rings is 2. The minimum Gasteiger partial charge on any atom is -0.493 e.